The molecule has 0 bridgehead atoms. The Bertz CT molecular complexity index is 629. The summed E-state index contributed by atoms with van der Waals surface area (Å²) in [6.45, 7) is 50.2. The van der Waals surface area contributed by atoms with E-state index in [1.165, 1.54) is 0 Å². The smallest absolute Gasteiger partial charge is 0.311 e. The molecule has 0 amide bonds. The average Bonchev–Trinajstić information content (AvgIpc) is 2.78. The summed E-state index contributed by atoms with van der Waals surface area (Å²) in [4.78, 5) is 13.6. The van der Waals surface area contributed by atoms with E-state index in [1.807, 2.05) is 83.1 Å². The Kier molecular flexibility index (Phi) is 35.5. The average molecular weight is 646 g/mol. The van der Waals surface area contributed by atoms with Crippen LogP contribution in [0.3, 0.4) is 0 Å². The first-order valence-corrected chi connectivity index (χ1v) is 13.7. The molecule has 0 radical (unpaired) electrons. The maximum atomic E-state index is 8.49. The molecule has 0 aromatic heterocycles. The van der Waals surface area contributed by atoms with E-state index in [2.05, 4.69) is 19.4 Å². The Labute approximate surface area is 250 Å². The second-order valence-corrected chi connectivity index (χ2v) is 11.4. The zero-order valence-corrected chi connectivity index (χ0v) is 27.5. The van der Waals surface area contributed by atoms with Gasteiger partial charge in [0.1, 0.15) is 0 Å². The number of hydrogen-bond acceptors (Lipinski definition) is 8. The van der Waals surface area contributed by atoms with Crippen molar-refractivity contribution in [1.29, 1.82) is 0 Å². The van der Waals surface area contributed by atoms with Gasteiger partial charge in [-0.3, -0.25) is 0 Å². The fourth-order valence-corrected chi connectivity index (χ4v) is 0.316. The van der Waals surface area contributed by atoms with Crippen molar-refractivity contribution in [2.75, 3.05) is 0 Å². The fraction of sp³-hybridized carbons (Fsp3) is 0.833. The second-order valence-electron chi connectivity index (χ2n) is 9.87. The van der Waals surface area contributed by atoms with E-state index in [9.17, 15) is 0 Å². The van der Waals surface area contributed by atoms with Gasteiger partial charge >= 0.3 is 16.5 Å². The maximum Gasteiger partial charge on any atom is 2.00 e. The van der Waals surface area contributed by atoms with Crippen molar-refractivity contribution in [3.63, 3.8) is 0 Å². The standard InChI is InChI=1S/4C6H11N.2ClHO4.Ni/c4*1-5-6(2,3)7-4;2*2-1(3,4)5;/h4*5H2,1-3H3;2*(H,2,3,4,5);/q;;;;;;+2/p-2. The molecule has 0 aliphatic carbocycles. The summed E-state index contributed by atoms with van der Waals surface area (Å²) >= 11 is 0. The Morgan fingerprint density at radius 1 is 0.410 bits per heavy atom. The largest absolute Gasteiger partial charge is 2.00 e. The molecule has 0 aliphatic rings. The van der Waals surface area contributed by atoms with Crippen LogP contribution in [0.2, 0.25) is 0 Å². The van der Waals surface area contributed by atoms with Gasteiger partial charge < -0.3 is 19.4 Å². The number of rotatable bonds is 4. The molecule has 0 aromatic rings. The first-order chi connectivity index (χ1) is 16.5. The van der Waals surface area contributed by atoms with Crippen LogP contribution in [0.25, 0.3) is 19.4 Å². The summed E-state index contributed by atoms with van der Waals surface area (Å²) in [7, 11) is -9.89. The van der Waals surface area contributed by atoms with Crippen LogP contribution in [0.1, 0.15) is 109 Å². The van der Waals surface area contributed by atoms with Crippen LogP contribution in [0.15, 0.2) is 0 Å². The predicted octanol–water partition coefficient (Wildman–Crippen LogP) is -1.14. The van der Waals surface area contributed by atoms with Crippen molar-refractivity contribution < 1.29 is 74.2 Å². The molecular formula is C24H44Cl2N4NiO8. The van der Waals surface area contributed by atoms with Gasteiger partial charge in [0.25, 0.3) is 0 Å². The van der Waals surface area contributed by atoms with Gasteiger partial charge in [-0.05, 0) is 0 Å². The van der Waals surface area contributed by atoms with E-state index in [4.69, 9.17) is 63.6 Å². The zero-order chi connectivity index (χ0) is 32.7. The SMILES string of the molecule is [C-]#[N+]C(C)(C)CC.[C-]#[N+]C(C)(C)CC.[C-]#[N+]C(C)(C)CC.[C-]#[N+]C(C)(C)CC.[Ni+2].[O-][Cl+3]([O-])([O-])[O-].[O-][Cl+3]([O-])([O-])[O-]. The van der Waals surface area contributed by atoms with Crippen molar-refractivity contribution in [1.82, 2.24) is 0 Å². The molecule has 0 aromatic carbocycles. The fourth-order valence-electron chi connectivity index (χ4n) is 0.316. The summed E-state index contributed by atoms with van der Waals surface area (Å²) < 4.78 is 67.9. The van der Waals surface area contributed by atoms with Crippen molar-refractivity contribution in [2.45, 2.75) is 131 Å². The molecule has 0 unspecified atom stereocenters. The van der Waals surface area contributed by atoms with E-state index in [0.29, 0.717) is 0 Å². The van der Waals surface area contributed by atoms with Gasteiger partial charge in [0.2, 0.25) is 22.2 Å². The van der Waals surface area contributed by atoms with Gasteiger partial charge in [-0.25, -0.2) is 63.6 Å². The molecule has 0 saturated heterocycles. The molecule has 15 heteroatoms. The normalized spacial score (nSPS) is 10.7. The molecule has 0 rings (SSSR count). The summed E-state index contributed by atoms with van der Waals surface area (Å²) in [6.07, 6.45) is 3.76. The van der Waals surface area contributed by atoms with E-state index >= 15 is 0 Å². The first-order valence-electron chi connectivity index (χ1n) is 11.3. The third-order valence-electron chi connectivity index (χ3n) is 4.67. The maximum absolute atomic E-state index is 8.49. The number of halogens is 2. The third kappa shape index (κ3) is 85.8. The molecule has 0 atom stereocenters. The minimum atomic E-state index is -4.94. The molecule has 0 N–H and O–H groups in total. The predicted molar refractivity (Wildman–Crippen MR) is 124 cm³/mol. The monoisotopic (exact) mass is 644 g/mol. The second kappa shape index (κ2) is 25.7. The summed E-state index contributed by atoms with van der Waals surface area (Å²) in [5.74, 6) is 0. The molecule has 0 aliphatic heterocycles. The van der Waals surface area contributed by atoms with Crippen LogP contribution in [-0.2, 0) is 16.5 Å². The van der Waals surface area contributed by atoms with Crippen LogP contribution in [0, 0.1) is 46.8 Å². The van der Waals surface area contributed by atoms with Crippen LogP contribution in [0.5, 0.6) is 0 Å². The molecule has 0 spiro atoms. The van der Waals surface area contributed by atoms with Gasteiger partial charge in [-0.15, -0.1) is 20.5 Å². The van der Waals surface area contributed by atoms with Crippen LogP contribution >= 0.6 is 0 Å². The molecule has 0 fully saturated rings. The van der Waals surface area contributed by atoms with Gasteiger partial charge in [0, 0.05) is 81.1 Å². The van der Waals surface area contributed by atoms with Gasteiger partial charge in [-0.1, -0.05) is 27.7 Å². The Morgan fingerprint density at radius 2 is 0.487 bits per heavy atom. The van der Waals surface area contributed by atoms with E-state index in [-0.39, 0.29) is 38.6 Å². The Morgan fingerprint density at radius 3 is 0.487 bits per heavy atom. The molecule has 12 nitrogen and oxygen atoms in total. The van der Waals surface area contributed by atoms with Crippen molar-refractivity contribution in [3.05, 3.63) is 45.7 Å². The minimum Gasteiger partial charge on any atom is -0.311 e. The first kappa shape index (κ1) is 53.9. The Hall–Kier alpha value is -1.29. The molecule has 0 saturated carbocycles. The summed E-state index contributed by atoms with van der Waals surface area (Å²) in [6, 6.07) is 0. The number of nitrogens with zero attached hydrogens (tertiary/aromatic N) is 4. The van der Waals surface area contributed by atoms with Gasteiger partial charge in [-0.2, -0.15) is 0 Å². The van der Waals surface area contributed by atoms with Gasteiger partial charge in [0.05, 0.1) is 0 Å². The van der Waals surface area contributed by atoms with E-state index < -0.39 is 20.5 Å². The van der Waals surface area contributed by atoms with Crippen molar-refractivity contribution >= 4 is 0 Å². The van der Waals surface area contributed by atoms with Crippen LogP contribution < -0.4 is 37.3 Å². The zero-order valence-electron chi connectivity index (χ0n) is 25.0. The minimum absolute atomic E-state index is 0. The Balaban J connectivity index is -0.0000000631. The van der Waals surface area contributed by atoms with Crippen molar-refractivity contribution in [2.24, 2.45) is 0 Å². The number of hydrogen-bond donors (Lipinski definition) is 0. The van der Waals surface area contributed by atoms with Crippen molar-refractivity contribution in [3.8, 4) is 0 Å². The molecule has 0 heterocycles. The summed E-state index contributed by atoms with van der Waals surface area (Å²) in [5, 5.41) is 0. The third-order valence-corrected chi connectivity index (χ3v) is 4.67. The molecule has 39 heavy (non-hydrogen) atoms. The van der Waals surface area contributed by atoms with E-state index in [0.717, 1.165) is 25.7 Å². The molecule has 232 valence electrons. The van der Waals surface area contributed by atoms with Crippen LogP contribution in [-0.4, -0.2) is 22.2 Å². The van der Waals surface area contributed by atoms with E-state index in [1.54, 1.807) is 0 Å². The quantitative estimate of drug-likeness (QED) is 0.269. The van der Waals surface area contributed by atoms with Crippen LogP contribution in [0.4, 0.5) is 0 Å². The topological polar surface area (TPSA) is 202 Å². The van der Waals surface area contributed by atoms with Gasteiger partial charge in [0.15, 0.2) is 0 Å². The summed E-state index contributed by atoms with van der Waals surface area (Å²) in [5.41, 5.74) is -0.500. The molecular weight excluding hydrogens is 602 g/mol.